The van der Waals surface area contributed by atoms with Gasteiger partial charge in [0.1, 0.15) is 0 Å². The number of hydrogen-bond donors (Lipinski definition) is 0. The number of rotatable bonds is 4. The summed E-state index contributed by atoms with van der Waals surface area (Å²) in [6.07, 6.45) is 13.1. The zero-order chi connectivity index (χ0) is 17.8. The second-order valence-corrected chi connectivity index (χ2v) is 14.1. The zero-order valence-electron chi connectivity index (χ0n) is 17.8. The summed E-state index contributed by atoms with van der Waals surface area (Å²) in [5.41, 5.74) is 7.11. The van der Waals surface area contributed by atoms with E-state index in [0.29, 0.717) is 0 Å². The van der Waals surface area contributed by atoms with Crippen molar-refractivity contribution in [2.45, 2.75) is 73.1 Å². The van der Waals surface area contributed by atoms with Crippen molar-refractivity contribution in [3.8, 4) is 0 Å². The van der Waals surface area contributed by atoms with Crippen LogP contribution in [0, 0.1) is 17.6 Å². The van der Waals surface area contributed by atoms with Crippen LogP contribution in [0.1, 0.15) is 47.5 Å². The van der Waals surface area contributed by atoms with E-state index in [1.54, 1.807) is 0 Å². The quantitative estimate of drug-likeness (QED) is 0.213. The minimum Gasteiger partial charge on any atom is -0.269 e. The SMILES string of the molecule is C=C(CC1=[C-]CC=C1)C[Si](C)(C)C.CC1=[C-]C(C)(C)C(C)=C1C.Cl.Cl.[Zr+2]. The van der Waals surface area contributed by atoms with Crippen LogP contribution >= 0.6 is 24.8 Å². The summed E-state index contributed by atoms with van der Waals surface area (Å²) in [6, 6.07) is 1.24. The van der Waals surface area contributed by atoms with Crippen molar-refractivity contribution in [3.63, 3.8) is 0 Å². The average molecular weight is 491 g/mol. The first-order chi connectivity index (χ1) is 10.4. The van der Waals surface area contributed by atoms with E-state index in [0.717, 1.165) is 12.8 Å². The molecule has 0 heterocycles. The largest absolute Gasteiger partial charge is 2.00 e. The molecule has 0 atom stereocenters. The summed E-state index contributed by atoms with van der Waals surface area (Å²) < 4.78 is 0. The first kappa shape index (κ1) is 31.1. The second kappa shape index (κ2) is 12.8. The van der Waals surface area contributed by atoms with Crippen LogP contribution in [0.15, 0.2) is 46.6 Å². The van der Waals surface area contributed by atoms with E-state index in [-0.39, 0.29) is 56.4 Å². The van der Waals surface area contributed by atoms with Gasteiger partial charge in [-0.15, -0.1) is 38.2 Å². The fourth-order valence-electron chi connectivity index (χ4n) is 3.06. The van der Waals surface area contributed by atoms with Crippen molar-refractivity contribution >= 4 is 32.9 Å². The molecule has 146 valence electrons. The molecule has 0 saturated carbocycles. The third-order valence-electron chi connectivity index (χ3n) is 4.55. The second-order valence-electron chi connectivity index (χ2n) is 8.60. The third kappa shape index (κ3) is 10.6. The van der Waals surface area contributed by atoms with E-state index >= 15 is 0 Å². The number of halogens is 2. The number of allylic oxidation sites excluding steroid dienone is 9. The molecule has 0 aromatic rings. The smallest absolute Gasteiger partial charge is 0.269 e. The van der Waals surface area contributed by atoms with Crippen molar-refractivity contribution in [1.29, 1.82) is 0 Å². The van der Waals surface area contributed by atoms with Crippen LogP contribution < -0.4 is 0 Å². The predicted octanol–water partition coefficient (Wildman–Crippen LogP) is 7.91. The van der Waals surface area contributed by atoms with Crippen molar-refractivity contribution in [1.82, 2.24) is 0 Å². The Morgan fingerprint density at radius 2 is 1.69 bits per heavy atom. The minimum atomic E-state index is -0.957. The van der Waals surface area contributed by atoms with Gasteiger partial charge in [0.25, 0.3) is 0 Å². The molecule has 2 rings (SSSR count). The van der Waals surface area contributed by atoms with Gasteiger partial charge in [0, 0.05) is 8.07 Å². The molecule has 26 heavy (non-hydrogen) atoms. The van der Waals surface area contributed by atoms with Gasteiger partial charge in [0.2, 0.25) is 0 Å². The van der Waals surface area contributed by atoms with E-state index in [4.69, 9.17) is 0 Å². The van der Waals surface area contributed by atoms with E-state index < -0.39 is 8.07 Å². The zero-order valence-corrected chi connectivity index (χ0v) is 22.9. The summed E-state index contributed by atoms with van der Waals surface area (Å²) in [5, 5.41) is 0. The number of hydrogen-bond acceptors (Lipinski definition) is 0. The van der Waals surface area contributed by atoms with Gasteiger partial charge in [-0.05, 0) is 12.5 Å². The third-order valence-corrected chi connectivity index (χ3v) is 6.11. The molecule has 4 heteroatoms. The average Bonchev–Trinajstić information content (AvgIpc) is 2.92. The monoisotopic (exact) mass is 488 g/mol. The Bertz CT molecular complexity index is 588. The fraction of sp³-hybridized carbons (Fsp3) is 0.545. The van der Waals surface area contributed by atoms with Crippen LogP contribution in [-0.2, 0) is 26.2 Å². The van der Waals surface area contributed by atoms with E-state index in [2.05, 4.69) is 85.1 Å². The van der Waals surface area contributed by atoms with E-state index in [1.807, 2.05) is 0 Å². The Labute approximate surface area is 195 Å². The molecule has 0 aromatic heterocycles. The summed E-state index contributed by atoms with van der Waals surface area (Å²) in [7, 11) is -0.957. The summed E-state index contributed by atoms with van der Waals surface area (Å²) in [6.45, 7) is 22.2. The standard InChI is InChI=1S/C12H19Si.C10H15.2ClH.Zr/c1-11(10-13(2,3)4)9-12-7-5-6-8-12;1-7-6-10(4,5)9(3)8(7)2;;;/h5,7H,1,6,9-10H2,2-4H3;1-5H3;2*1H;/q2*-1;;;+2. The molecule has 0 unspecified atom stereocenters. The van der Waals surface area contributed by atoms with Gasteiger partial charge in [0.15, 0.2) is 0 Å². The summed E-state index contributed by atoms with van der Waals surface area (Å²) in [5.74, 6) is 0. The van der Waals surface area contributed by atoms with Gasteiger partial charge in [-0.3, -0.25) is 12.2 Å². The molecule has 0 nitrogen and oxygen atoms in total. The molecule has 0 aliphatic heterocycles. The molecule has 2 aliphatic rings. The summed E-state index contributed by atoms with van der Waals surface area (Å²) >= 11 is 0. The van der Waals surface area contributed by atoms with Gasteiger partial charge >= 0.3 is 26.2 Å². The topological polar surface area (TPSA) is 0 Å². The maximum Gasteiger partial charge on any atom is 2.00 e. The molecule has 2 aliphatic carbocycles. The van der Waals surface area contributed by atoms with Gasteiger partial charge in [-0.2, -0.15) is 17.2 Å². The Balaban J connectivity index is -0.000000374. The molecular formula is C22H36Cl2SiZr. The molecule has 0 amide bonds. The van der Waals surface area contributed by atoms with Gasteiger partial charge < -0.3 is 0 Å². The van der Waals surface area contributed by atoms with Crippen molar-refractivity contribution in [3.05, 3.63) is 58.7 Å². The molecule has 0 saturated heterocycles. The van der Waals surface area contributed by atoms with Crippen LogP contribution in [0.25, 0.3) is 0 Å². The Hall–Kier alpha value is 0.380. The molecule has 0 radical (unpaired) electrons. The molecule has 0 bridgehead atoms. The Morgan fingerprint density at radius 3 is 1.96 bits per heavy atom. The van der Waals surface area contributed by atoms with Crippen LogP contribution in [0.2, 0.25) is 25.7 Å². The van der Waals surface area contributed by atoms with Crippen LogP contribution in [0.5, 0.6) is 0 Å². The van der Waals surface area contributed by atoms with Gasteiger partial charge in [0.05, 0.1) is 0 Å². The minimum absolute atomic E-state index is 0. The molecular weight excluding hydrogens is 454 g/mol. The first-order valence-electron chi connectivity index (χ1n) is 8.65. The maximum absolute atomic E-state index is 4.14. The van der Waals surface area contributed by atoms with Crippen LogP contribution in [-0.4, -0.2) is 8.07 Å². The Morgan fingerprint density at radius 1 is 1.15 bits per heavy atom. The molecule has 0 N–H and O–H groups in total. The van der Waals surface area contributed by atoms with Crippen molar-refractivity contribution in [2.24, 2.45) is 5.41 Å². The van der Waals surface area contributed by atoms with Crippen LogP contribution in [0.3, 0.4) is 0 Å². The molecule has 0 spiro atoms. The molecule has 0 aromatic carbocycles. The molecule has 0 fully saturated rings. The predicted molar refractivity (Wildman–Crippen MR) is 122 cm³/mol. The van der Waals surface area contributed by atoms with E-state index in [9.17, 15) is 0 Å². The van der Waals surface area contributed by atoms with Gasteiger partial charge in [-0.1, -0.05) is 64.9 Å². The maximum atomic E-state index is 4.14. The Kier molecular flexibility index (Phi) is 15.3. The van der Waals surface area contributed by atoms with Crippen LogP contribution in [0.4, 0.5) is 0 Å². The fourth-order valence-corrected chi connectivity index (χ4v) is 4.68. The van der Waals surface area contributed by atoms with Crippen molar-refractivity contribution < 1.29 is 26.2 Å². The summed E-state index contributed by atoms with van der Waals surface area (Å²) in [4.78, 5) is 0. The first-order valence-corrected chi connectivity index (χ1v) is 12.4. The normalized spacial score (nSPS) is 17.1. The van der Waals surface area contributed by atoms with Crippen molar-refractivity contribution in [2.75, 3.05) is 0 Å². The van der Waals surface area contributed by atoms with Gasteiger partial charge in [-0.25, -0.2) is 17.2 Å². The van der Waals surface area contributed by atoms with E-state index in [1.165, 1.54) is 33.9 Å².